The molecule has 20 heavy (non-hydrogen) atoms. The highest BCUT2D eigenvalue weighted by Gasteiger charge is 2.23. The predicted octanol–water partition coefficient (Wildman–Crippen LogP) is 4.35. The highest BCUT2D eigenvalue weighted by molar-refractivity contribution is 7.10. The minimum absolute atomic E-state index is 0.0652. The van der Waals surface area contributed by atoms with Crippen molar-refractivity contribution in [3.8, 4) is 0 Å². The summed E-state index contributed by atoms with van der Waals surface area (Å²) in [4.78, 5) is 12.0. The molecule has 0 saturated heterocycles. The van der Waals surface area contributed by atoms with Crippen molar-refractivity contribution >= 4 is 22.7 Å². The number of aryl methyl sites for hydroxylation is 1. The van der Waals surface area contributed by atoms with Crippen LogP contribution in [-0.2, 0) is 5.41 Å². The second kappa shape index (κ2) is 5.63. The number of para-hydroxylation sites is 1. The number of benzene rings is 1. The molecule has 0 atom stereocenters. The van der Waals surface area contributed by atoms with E-state index in [1.54, 1.807) is 17.4 Å². The van der Waals surface area contributed by atoms with E-state index in [9.17, 15) is 10.1 Å². The van der Waals surface area contributed by atoms with E-state index in [2.05, 4.69) is 25.2 Å². The molecule has 2 rings (SSSR count). The summed E-state index contributed by atoms with van der Waals surface area (Å²) >= 11 is 1.71. The summed E-state index contributed by atoms with van der Waals surface area (Å²) in [5.74, 6) is 0. The van der Waals surface area contributed by atoms with Crippen molar-refractivity contribution < 1.29 is 4.92 Å². The van der Waals surface area contributed by atoms with Gasteiger partial charge in [0, 0.05) is 22.9 Å². The van der Waals surface area contributed by atoms with E-state index >= 15 is 0 Å². The molecule has 106 valence electrons. The molecule has 0 radical (unpaired) electrons. The summed E-state index contributed by atoms with van der Waals surface area (Å²) in [5, 5.41) is 16.4. The molecule has 1 N–H and O–H groups in total. The van der Waals surface area contributed by atoms with Crippen LogP contribution in [0.1, 0.15) is 24.3 Å². The van der Waals surface area contributed by atoms with Gasteiger partial charge in [-0.05, 0) is 23.9 Å². The summed E-state index contributed by atoms with van der Waals surface area (Å²) < 4.78 is 0. The molecule has 0 aliphatic carbocycles. The van der Waals surface area contributed by atoms with Crippen LogP contribution in [0.3, 0.4) is 0 Å². The Morgan fingerprint density at radius 3 is 2.65 bits per heavy atom. The van der Waals surface area contributed by atoms with Gasteiger partial charge in [0.25, 0.3) is 5.69 Å². The molecule has 0 spiro atoms. The van der Waals surface area contributed by atoms with E-state index in [0.717, 1.165) is 5.56 Å². The standard InChI is InChI=1S/C15H18N2O2S/c1-11-6-4-7-12(17(18)19)14(11)16-10-15(2,3)13-8-5-9-20-13/h4-9,16H,10H2,1-3H3. The Labute approximate surface area is 122 Å². The molecule has 1 aromatic heterocycles. The van der Waals surface area contributed by atoms with Crippen molar-refractivity contribution in [2.45, 2.75) is 26.2 Å². The van der Waals surface area contributed by atoms with Gasteiger partial charge in [0.15, 0.2) is 0 Å². The van der Waals surface area contributed by atoms with Crippen LogP contribution in [-0.4, -0.2) is 11.5 Å². The maximum absolute atomic E-state index is 11.1. The van der Waals surface area contributed by atoms with Crippen molar-refractivity contribution in [2.24, 2.45) is 0 Å². The number of anilines is 1. The molecule has 0 aliphatic heterocycles. The fraction of sp³-hybridized carbons (Fsp3) is 0.333. The Morgan fingerprint density at radius 1 is 1.30 bits per heavy atom. The van der Waals surface area contributed by atoms with Crippen LogP contribution in [0.2, 0.25) is 0 Å². The van der Waals surface area contributed by atoms with Gasteiger partial charge >= 0.3 is 0 Å². The lowest BCUT2D eigenvalue weighted by atomic mass is 9.91. The first-order valence-electron chi connectivity index (χ1n) is 6.44. The smallest absolute Gasteiger partial charge is 0.292 e. The highest BCUT2D eigenvalue weighted by atomic mass is 32.1. The third-order valence-corrected chi connectivity index (χ3v) is 4.58. The molecule has 0 fully saturated rings. The highest BCUT2D eigenvalue weighted by Crippen LogP contribution is 2.31. The second-order valence-corrected chi connectivity index (χ2v) is 6.39. The van der Waals surface area contributed by atoms with Crippen LogP contribution in [0.5, 0.6) is 0 Å². The minimum atomic E-state index is -0.340. The van der Waals surface area contributed by atoms with Crippen LogP contribution < -0.4 is 5.32 Å². The zero-order valence-corrected chi connectivity index (χ0v) is 12.7. The van der Waals surface area contributed by atoms with E-state index in [-0.39, 0.29) is 16.0 Å². The zero-order chi connectivity index (χ0) is 14.8. The summed E-state index contributed by atoms with van der Waals surface area (Å²) in [6, 6.07) is 9.25. The summed E-state index contributed by atoms with van der Waals surface area (Å²) in [5.41, 5.74) is 1.57. The SMILES string of the molecule is Cc1cccc([N+](=O)[O-])c1NCC(C)(C)c1cccs1. The third-order valence-electron chi connectivity index (χ3n) is 3.34. The molecule has 0 unspecified atom stereocenters. The number of nitro groups is 1. The average molecular weight is 290 g/mol. The number of nitrogens with zero attached hydrogens (tertiary/aromatic N) is 1. The lowest BCUT2D eigenvalue weighted by Crippen LogP contribution is -2.27. The van der Waals surface area contributed by atoms with Crippen molar-refractivity contribution in [1.29, 1.82) is 0 Å². The monoisotopic (exact) mass is 290 g/mol. The van der Waals surface area contributed by atoms with Gasteiger partial charge in [-0.1, -0.05) is 32.0 Å². The summed E-state index contributed by atoms with van der Waals surface area (Å²) in [7, 11) is 0. The molecule has 2 aromatic rings. The number of thiophene rings is 1. The van der Waals surface area contributed by atoms with Crippen molar-refractivity contribution in [2.75, 3.05) is 11.9 Å². The molecule has 0 bridgehead atoms. The zero-order valence-electron chi connectivity index (χ0n) is 11.8. The van der Waals surface area contributed by atoms with Crippen molar-refractivity contribution in [3.63, 3.8) is 0 Å². The number of hydrogen-bond donors (Lipinski definition) is 1. The van der Waals surface area contributed by atoms with Gasteiger partial charge < -0.3 is 5.32 Å². The fourth-order valence-electron chi connectivity index (χ4n) is 2.09. The summed E-state index contributed by atoms with van der Waals surface area (Å²) in [6.07, 6.45) is 0. The fourth-order valence-corrected chi connectivity index (χ4v) is 2.95. The van der Waals surface area contributed by atoms with Crippen LogP contribution in [0.4, 0.5) is 11.4 Å². The van der Waals surface area contributed by atoms with E-state index in [4.69, 9.17) is 0 Å². The molecule has 0 amide bonds. The first-order chi connectivity index (χ1) is 9.42. The molecule has 0 aliphatic rings. The van der Waals surface area contributed by atoms with E-state index < -0.39 is 0 Å². The molecule has 4 nitrogen and oxygen atoms in total. The third kappa shape index (κ3) is 2.99. The molecule has 1 heterocycles. The Bertz CT molecular complexity index is 606. The van der Waals surface area contributed by atoms with Gasteiger partial charge in [-0.2, -0.15) is 0 Å². The maximum atomic E-state index is 11.1. The first kappa shape index (κ1) is 14.5. The Balaban J connectivity index is 2.21. The first-order valence-corrected chi connectivity index (χ1v) is 7.31. The van der Waals surface area contributed by atoms with Gasteiger partial charge in [-0.3, -0.25) is 10.1 Å². The molecule has 0 saturated carbocycles. The molecule has 5 heteroatoms. The Kier molecular flexibility index (Phi) is 4.09. The van der Waals surface area contributed by atoms with E-state index in [0.29, 0.717) is 12.2 Å². The van der Waals surface area contributed by atoms with Crippen LogP contribution in [0, 0.1) is 17.0 Å². The minimum Gasteiger partial charge on any atom is -0.378 e. The predicted molar refractivity (Wildman–Crippen MR) is 83.7 cm³/mol. The Hall–Kier alpha value is -1.88. The maximum Gasteiger partial charge on any atom is 0.292 e. The normalized spacial score (nSPS) is 11.3. The van der Waals surface area contributed by atoms with Crippen molar-refractivity contribution in [1.82, 2.24) is 0 Å². The molecule has 1 aromatic carbocycles. The van der Waals surface area contributed by atoms with Gasteiger partial charge in [0.2, 0.25) is 0 Å². The molecular weight excluding hydrogens is 272 g/mol. The largest absolute Gasteiger partial charge is 0.378 e. The number of hydrogen-bond acceptors (Lipinski definition) is 4. The number of rotatable bonds is 5. The Morgan fingerprint density at radius 2 is 2.05 bits per heavy atom. The number of nitro benzene ring substituents is 1. The quantitative estimate of drug-likeness (QED) is 0.657. The van der Waals surface area contributed by atoms with Crippen LogP contribution in [0.15, 0.2) is 35.7 Å². The summed E-state index contributed by atoms with van der Waals surface area (Å²) in [6.45, 7) is 6.80. The van der Waals surface area contributed by atoms with E-state index in [1.165, 1.54) is 10.9 Å². The average Bonchev–Trinajstić information content (AvgIpc) is 2.91. The van der Waals surface area contributed by atoms with Crippen LogP contribution in [0.25, 0.3) is 0 Å². The van der Waals surface area contributed by atoms with Gasteiger partial charge in [0.1, 0.15) is 5.69 Å². The van der Waals surface area contributed by atoms with Crippen molar-refractivity contribution in [3.05, 3.63) is 56.3 Å². The lowest BCUT2D eigenvalue weighted by Gasteiger charge is -2.24. The molecular formula is C15H18N2O2S. The lowest BCUT2D eigenvalue weighted by molar-refractivity contribution is -0.384. The van der Waals surface area contributed by atoms with E-state index in [1.807, 2.05) is 24.4 Å². The topological polar surface area (TPSA) is 55.2 Å². The van der Waals surface area contributed by atoms with Gasteiger partial charge in [0.05, 0.1) is 4.92 Å². The van der Waals surface area contributed by atoms with Gasteiger partial charge in [-0.25, -0.2) is 0 Å². The second-order valence-electron chi connectivity index (χ2n) is 5.44. The number of nitrogens with one attached hydrogen (secondary N) is 1. The van der Waals surface area contributed by atoms with Gasteiger partial charge in [-0.15, -0.1) is 11.3 Å². The van der Waals surface area contributed by atoms with Crippen LogP contribution >= 0.6 is 11.3 Å².